The molecule has 0 radical (unpaired) electrons. The van der Waals surface area contributed by atoms with Crippen LogP contribution in [0.25, 0.3) is 11.1 Å². The Balaban J connectivity index is 2.02. The predicted molar refractivity (Wildman–Crippen MR) is 87.8 cm³/mol. The quantitative estimate of drug-likeness (QED) is 0.830. The number of rotatable bonds is 3. The minimum Gasteiger partial charge on any atom is -0.367 e. The zero-order valence-electron chi connectivity index (χ0n) is 12.5. The molecule has 3 nitrogen and oxygen atoms in total. The Kier molecular flexibility index (Phi) is 4.11. The van der Waals surface area contributed by atoms with Crippen LogP contribution in [0.4, 0.5) is 5.82 Å². The average molecular weight is 302 g/mol. The summed E-state index contributed by atoms with van der Waals surface area (Å²) in [5.41, 5.74) is 3.20. The maximum atomic E-state index is 6.40. The molecule has 1 heterocycles. The molecule has 21 heavy (non-hydrogen) atoms. The van der Waals surface area contributed by atoms with Crippen LogP contribution in [0.1, 0.15) is 37.1 Å². The number of nitrogens with zero attached hydrogens (tertiary/aromatic N) is 2. The van der Waals surface area contributed by atoms with Crippen LogP contribution in [0.15, 0.2) is 24.3 Å². The zero-order chi connectivity index (χ0) is 14.8. The molecule has 1 aromatic carbocycles. The van der Waals surface area contributed by atoms with Gasteiger partial charge < -0.3 is 5.32 Å². The highest BCUT2D eigenvalue weighted by Crippen LogP contribution is 2.34. The molecule has 2 aromatic rings. The van der Waals surface area contributed by atoms with E-state index in [4.69, 9.17) is 11.6 Å². The first-order chi connectivity index (χ1) is 10.1. The van der Waals surface area contributed by atoms with E-state index in [9.17, 15) is 0 Å². The van der Waals surface area contributed by atoms with Crippen LogP contribution in [0, 0.1) is 13.8 Å². The summed E-state index contributed by atoms with van der Waals surface area (Å²) in [5, 5.41) is 4.09. The molecule has 0 amide bonds. The molecule has 3 rings (SSSR count). The number of halogens is 1. The van der Waals surface area contributed by atoms with Gasteiger partial charge in [-0.1, -0.05) is 54.3 Å². The van der Waals surface area contributed by atoms with E-state index in [-0.39, 0.29) is 0 Å². The van der Waals surface area contributed by atoms with Gasteiger partial charge in [-0.25, -0.2) is 9.97 Å². The number of aryl methyl sites for hydroxylation is 2. The van der Waals surface area contributed by atoms with Gasteiger partial charge in [0, 0.05) is 6.04 Å². The third kappa shape index (κ3) is 3.18. The van der Waals surface area contributed by atoms with Gasteiger partial charge in [-0.2, -0.15) is 0 Å². The fourth-order valence-electron chi connectivity index (χ4n) is 2.88. The molecule has 0 aliphatic heterocycles. The highest BCUT2D eigenvalue weighted by atomic mass is 35.5. The summed E-state index contributed by atoms with van der Waals surface area (Å²) in [4.78, 5) is 8.91. The van der Waals surface area contributed by atoms with Crippen molar-refractivity contribution in [1.82, 2.24) is 9.97 Å². The van der Waals surface area contributed by atoms with Crippen molar-refractivity contribution in [1.29, 1.82) is 0 Å². The molecule has 1 fully saturated rings. The third-order valence-electron chi connectivity index (χ3n) is 4.01. The molecule has 0 atom stereocenters. The number of nitrogens with one attached hydrogen (secondary N) is 1. The highest BCUT2D eigenvalue weighted by Gasteiger charge is 2.19. The summed E-state index contributed by atoms with van der Waals surface area (Å²) in [6, 6.07) is 8.83. The molecule has 1 N–H and O–H groups in total. The van der Waals surface area contributed by atoms with E-state index in [1.54, 1.807) is 0 Å². The molecular formula is C17H20ClN3. The first-order valence-electron chi connectivity index (χ1n) is 7.51. The lowest BCUT2D eigenvalue weighted by molar-refractivity contribution is 0.749. The second-order valence-electron chi connectivity index (χ2n) is 5.78. The largest absolute Gasteiger partial charge is 0.367 e. The van der Waals surface area contributed by atoms with Crippen LogP contribution in [0.5, 0.6) is 0 Å². The standard InChI is InChI=1S/C17H20ClN3/c1-11-7-9-13(10-8-11)15-16(18)19-12(2)20-17(15)21-14-5-3-4-6-14/h7-10,14H,3-6H2,1-2H3,(H,19,20,21). The number of benzene rings is 1. The third-order valence-corrected chi connectivity index (χ3v) is 4.29. The molecule has 110 valence electrons. The van der Waals surface area contributed by atoms with Gasteiger partial charge in [0.05, 0.1) is 5.56 Å². The van der Waals surface area contributed by atoms with Crippen molar-refractivity contribution in [2.45, 2.75) is 45.6 Å². The Morgan fingerprint density at radius 1 is 1.05 bits per heavy atom. The van der Waals surface area contributed by atoms with Crippen LogP contribution in [0.2, 0.25) is 5.15 Å². The van der Waals surface area contributed by atoms with Crippen molar-refractivity contribution in [3.63, 3.8) is 0 Å². The molecular weight excluding hydrogens is 282 g/mol. The van der Waals surface area contributed by atoms with E-state index in [0.717, 1.165) is 16.9 Å². The fourth-order valence-corrected chi connectivity index (χ4v) is 3.20. The predicted octanol–water partition coefficient (Wildman–Crippen LogP) is 4.77. The minimum absolute atomic E-state index is 0.500. The molecule has 0 bridgehead atoms. The van der Waals surface area contributed by atoms with Gasteiger partial charge in [0.2, 0.25) is 0 Å². The van der Waals surface area contributed by atoms with E-state index in [0.29, 0.717) is 17.0 Å². The smallest absolute Gasteiger partial charge is 0.142 e. The van der Waals surface area contributed by atoms with Crippen molar-refractivity contribution < 1.29 is 0 Å². The van der Waals surface area contributed by atoms with Crippen molar-refractivity contribution in [2.75, 3.05) is 5.32 Å². The molecule has 1 aliphatic rings. The summed E-state index contributed by atoms with van der Waals surface area (Å²) >= 11 is 6.40. The summed E-state index contributed by atoms with van der Waals surface area (Å²) in [5.74, 6) is 1.57. The summed E-state index contributed by atoms with van der Waals surface area (Å²) in [6.45, 7) is 3.96. The Morgan fingerprint density at radius 3 is 2.38 bits per heavy atom. The first-order valence-corrected chi connectivity index (χ1v) is 7.89. The molecule has 0 unspecified atom stereocenters. The van der Waals surface area contributed by atoms with Crippen LogP contribution in [-0.2, 0) is 0 Å². The van der Waals surface area contributed by atoms with Crippen LogP contribution in [0.3, 0.4) is 0 Å². The molecule has 1 aliphatic carbocycles. The molecule has 1 saturated carbocycles. The molecule has 0 saturated heterocycles. The highest BCUT2D eigenvalue weighted by molar-refractivity contribution is 6.32. The number of aromatic nitrogens is 2. The number of hydrogen-bond acceptors (Lipinski definition) is 3. The lowest BCUT2D eigenvalue weighted by Gasteiger charge is -2.17. The van der Waals surface area contributed by atoms with E-state index in [1.807, 2.05) is 6.92 Å². The van der Waals surface area contributed by atoms with Crippen molar-refractivity contribution in [3.05, 3.63) is 40.8 Å². The monoisotopic (exact) mass is 301 g/mol. The lowest BCUT2D eigenvalue weighted by atomic mass is 10.1. The Morgan fingerprint density at radius 2 is 1.71 bits per heavy atom. The topological polar surface area (TPSA) is 37.8 Å². The van der Waals surface area contributed by atoms with Gasteiger partial charge in [0.1, 0.15) is 16.8 Å². The van der Waals surface area contributed by atoms with Gasteiger partial charge in [-0.15, -0.1) is 0 Å². The second kappa shape index (κ2) is 6.02. The molecule has 4 heteroatoms. The fraction of sp³-hybridized carbons (Fsp3) is 0.412. The second-order valence-corrected chi connectivity index (χ2v) is 6.13. The Hall–Kier alpha value is -1.61. The van der Waals surface area contributed by atoms with E-state index >= 15 is 0 Å². The van der Waals surface area contributed by atoms with E-state index < -0.39 is 0 Å². The van der Waals surface area contributed by atoms with Gasteiger partial charge in [0.25, 0.3) is 0 Å². The SMILES string of the molecule is Cc1ccc(-c2c(Cl)nc(C)nc2NC2CCCC2)cc1. The van der Waals surface area contributed by atoms with Gasteiger partial charge in [0.15, 0.2) is 0 Å². The zero-order valence-corrected chi connectivity index (χ0v) is 13.2. The maximum Gasteiger partial charge on any atom is 0.142 e. The van der Waals surface area contributed by atoms with Gasteiger partial charge in [-0.05, 0) is 32.3 Å². The maximum absolute atomic E-state index is 6.40. The van der Waals surface area contributed by atoms with Gasteiger partial charge in [-0.3, -0.25) is 0 Å². The number of anilines is 1. The van der Waals surface area contributed by atoms with Crippen molar-refractivity contribution in [2.24, 2.45) is 0 Å². The van der Waals surface area contributed by atoms with E-state index in [2.05, 4.69) is 46.5 Å². The summed E-state index contributed by atoms with van der Waals surface area (Å²) in [6.07, 6.45) is 4.98. The van der Waals surface area contributed by atoms with Crippen LogP contribution >= 0.6 is 11.6 Å². The summed E-state index contributed by atoms with van der Waals surface area (Å²) < 4.78 is 0. The van der Waals surface area contributed by atoms with Crippen LogP contribution in [-0.4, -0.2) is 16.0 Å². The summed E-state index contributed by atoms with van der Waals surface area (Å²) in [7, 11) is 0. The minimum atomic E-state index is 0.500. The van der Waals surface area contributed by atoms with Crippen molar-refractivity contribution >= 4 is 17.4 Å². The average Bonchev–Trinajstić information content (AvgIpc) is 2.93. The number of hydrogen-bond donors (Lipinski definition) is 1. The Labute approximate surface area is 130 Å². The molecule has 1 aromatic heterocycles. The molecule has 0 spiro atoms. The van der Waals surface area contributed by atoms with Crippen LogP contribution < -0.4 is 5.32 Å². The van der Waals surface area contributed by atoms with E-state index in [1.165, 1.54) is 31.2 Å². The van der Waals surface area contributed by atoms with Crippen molar-refractivity contribution in [3.8, 4) is 11.1 Å². The normalized spacial score (nSPS) is 15.4. The van der Waals surface area contributed by atoms with Gasteiger partial charge >= 0.3 is 0 Å². The first kappa shape index (κ1) is 14.3. The Bertz CT molecular complexity index is 631. The lowest BCUT2D eigenvalue weighted by Crippen LogP contribution is -2.17.